The van der Waals surface area contributed by atoms with E-state index in [1.807, 2.05) is 18.2 Å². The number of para-hydroxylation sites is 1. The van der Waals surface area contributed by atoms with Crippen molar-refractivity contribution in [2.45, 2.75) is 15.5 Å². The van der Waals surface area contributed by atoms with E-state index in [0.717, 1.165) is 15.1 Å². The van der Waals surface area contributed by atoms with Crippen LogP contribution in [0.1, 0.15) is 0 Å². The molecule has 0 fully saturated rings. The van der Waals surface area contributed by atoms with E-state index in [4.69, 9.17) is 0 Å². The number of fused-ring (bicyclic) bond motifs is 1. The van der Waals surface area contributed by atoms with E-state index in [1.165, 1.54) is 25.2 Å². The molecule has 3 rings (SSSR count). The van der Waals surface area contributed by atoms with Crippen LogP contribution in [0.15, 0.2) is 76.5 Å². The lowest BCUT2D eigenvalue weighted by atomic mass is 10.1. The Labute approximate surface area is 171 Å². The highest BCUT2D eigenvalue weighted by atomic mass is 32.2. The predicted octanol–water partition coefficient (Wildman–Crippen LogP) is 4.41. The number of sulfonamides is 1. The van der Waals surface area contributed by atoms with E-state index in [0.29, 0.717) is 11.8 Å². The molecule has 29 heavy (non-hydrogen) atoms. The van der Waals surface area contributed by atoms with E-state index < -0.39 is 28.2 Å². The molecule has 3 aromatic carbocycles. The number of nitrogens with zero attached hydrogens (tertiary/aromatic N) is 1. The molecule has 9 heteroatoms. The van der Waals surface area contributed by atoms with Crippen LogP contribution in [0.3, 0.4) is 0 Å². The van der Waals surface area contributed by atoms with Gasteiger partial charge in [0.25, 0.3) is 5.76 Å². The number of hydrogen-bond acceptors (Lipinski definition) is 4. The maximum Gasteiger partial charge on any atom is 0.288 e. The second kappa shape index (κ2) is 8.89. The molecule has 0 spiro atoms. The van der Waals surface area contributed by atoms with Gasteiger partial charge in [-0.1, -0.05) is 54.2 Å². The molecule has 0 heterocycles. The minimum Gasteiger partial charge on any atom is -0.324 e. The summed E-state index contributed by atoms with van der Waals surface area (Å²) in [6.07, 6.45) is 0. The van der Waals surface area contributed by atoms with Gasteiger partial charge in [-0.05, 0) is 35.0 Å². The number of rotatable bonds is 7. The summed E-state index contributed by atoms with van der Waals surface area (Å²) in [4.78, 5) is 12.6. The minimum absolute atomic E-state index is 0.0696. The van der Waals surface area contributed by atoms with Gasteiger partial charge >= 0.3 is 0 Å². The summed E-state index contributed by atoms with van der Waals surface area (Å²) in [6, 6.07) is 18.2. The number of halogens is 2. The number of hydrogen-bond donors (Lipinski definition) is 1. The smallest absolute Gasteiger partial charge is 0.288 e. The van der Waals surface area contributed by atoms with Crippen molar-refractivity contribution in [3.63, 3.8) is 0 Å². The van der Waals surface area contributed by atoms with Crippen LogP contribution in [0.25, 0.3) is 10.8 Å². The van der Waals surface area contributed by atoms with E-state index in [-0.39, 0.29) is 15.5 Å². The number of likely N-dealkylation sites (N-methyl/N-ethyl adjacent to an activating group) is 1. The van der Waals surface area contributed by atoms with Gasteiger partial charge in [-0.2, -0.15) is 13.1 Å². The summed E-state index contributed by atoms with van der Waals surface area (Å²) in [5.74, 6) is -3.26. The van der Waals surface area contributed by atoms with Crippen molar-refractivity contribution in [1.82, 2.24) is 4.31 Å². The average Bonchev–Trinajstić information content (AvgIpc) is 2.68. The maximum atomic E-state index is 12.8. The van der Waals surface area contributed by atoms with E-state index in [2.05, 4.69) is 5.32 Å². The van der Waals surface area contributed by atoms with Gasteiger partial charge in [-0.3, -0.25) is 4.79 Å². The Morgan fingerprint density at radius 3 is 2.41 bits per heavy atom. The van der Waals surface area contributed by atoms with Gasteiger partial charge in [0.2, 0.25) is 15.9 Å². The van der Waals surface area contributed by atoms with E-state index in [1.54, 1.807) is 30.3 Å². The van der Waals surface area contributed by atoms with Crippen LogP contribution >= 0.6 is 11.8 Å². The van der Waals surface area contributed by atoms with Gasteiger partial charge in [0.05, 0.1) is 17.1 Å². The van der Waals surface area contributed by atoms with Crippen molar-refractivity contribution in [2.24, 2.45) is 0 Å². The van der Waals surface area contributed by atoms with Crippen molar-refractivity contribution in [2.75, 3.05) is 18.9 Å². The summed E-state index contributed by atoms with van der Waals surface area (Å²) in [5.41, 5.74) is 0.208. The summed E-state index contributed by atoms with van der Waals surface area (Å²) in [5, 5.41) is 4.17. The second-order valence-electron chi connectivity index (χ2n) is 6.19. The molecule has 0 aliphatic rings. The Hall–Kier alpha value is -2.49. The third kappa shape index (κ3) is 5.11. The van der Waals surface area contributed by atoms with Crippen molar-refractivity contribution >= 4 is 44.2 Å². The number of thioether (sulfide) groups is 1. The normalized spacial score (nSPS) is 11.9. The zero-order valence-electron chi connectivity index (χ0n) is 15.4. The molecule has 0 aromatic heterocycles. The molecule has 0 saturated carbocycles. The van der Waals surface area contributed by atoms with Gasteiger partial charge in [0.1, 0.15) is 0 Å². The maximum absolute atomic E-state index is 12.8. The molecule has 0 radical (unpaired) electrons. The predicted molar refractivity (Wildman–Crippen MR) is 111 cm³/mol. The molecule has 3 aromatic rings. The van der Waals surface area contributed by atoms with Crippen LogP contribution in [0.2, 0.25) is 0 Å². The number of carbonyl (C=O) groups is 1. The highest BCUT2D eigenvalue weighted by Crippen LogP contribution is 2.31. The van der Waals surface area contributed by atoms with Crippen LogP contribution < -0.4 is 5.32 Å². The van der Waals surface area contributed by atoms with Crippen LogP contribution in [0.4, 0.5) is 14.5 Å². The van der Waals surface area contributed by atoms with E-state index in [9.17, 15) is 22.0 Å². The highest BCUT2D eigenvalue weighted by Gasteiger charge is 2.23. The molecule has 0 bridgehead atoms. The third-order valence-corrected chi connectivity index (χ3v) is 6.76. The van der Waals surface area contributed by atoms with Crippen LogP contribution in [-0.2, 0) is 14.8 Å². The minimum atomic E-state index is -3.90. The zero-order valence-corrected chi connectivity index (χ0v) is 17.0. The van der Waals surface area contributed by atoms with Gasteiger partial charge < -0.3 is 5.32 Å². The SMILES string of the molecule is CN(CC(=O)Nc1ccccc1SC(F)F)S(=O)(=O)c1ccc2ccccc2c1. The first kappa shape index (κ1) is 21.2. The molecule has 0 unspecified atom stereocenters. The molecule has 0 saturated heterocycles. The quantitative estimate of drug-likeness (QED) is 0.557. The topological polar surface area (TPSA) is 66.5 Å². The van der Waals surface area contributed by atoms with Gasteiger partial charge in [0.15, 0.2) is 0 Å². The molecule has 5 nitrogen and oxygen atoms in total. The summed E-state index contributed by atoms with van der Waals surface area (Å²) >= 11 is 0.310. The second-order valence-corrected chi connectivity index (χ2v) is 9.27. The Morgan fingerprint density at radius 2 is 1.69 bits per heavy atom. The Morgan fingerprint density at radius 1 is 1.03 bits per heavy atom. The van der Waals surface area contributed by atoms with Gasteiger partial charge in [0, 0.05) is 11.9 Å². The lowest BCUT2D eigenvalue weighted by Gasteiger charge is -2.18. The van der Waals surface area contributed by atoms with E-state index >= 15 is 0 Å². The van der Waals surface area contributed by atoms with Crippen molar-refractivity contribution in [3.05, 3.63) is 66.7 Å². The summed E-state index contributed by atoms with van der Waals surface area (Å²) < 4.78 is 51.9. The fraction of sp³-hybridized carbons (Fsp3) is 0.150. The molecular formula is C20H18F2N2O3S2. The van der Waals surface area contributed by atoms with Gasteiger partial charge in [-0.25, -0.2) is 8.42 Å². The summed E-state index contributed by atoms with van der Waals surface area (Å²) in [7, 11) is -2.60. The largest absolute Gasteiger partial charge is 0.324 e. The van der Waals surface area contributed by atoms with Crippen molar-refractivity contribution in [1.29, 1.82) is 0 Å². The fourth-order valence-corrected chi connectivity index (χ4v) is 4.51. The standard InChI is InChI=1S/C20H18F2N2O3S2/c1-24(13-19(25)23-17-8-4-5-9-18(17)28-20(21)22)29(26,27)16-11-10-14-6-2-3-7-15(14)12-16/h2-12,20H,13H2,1H3,(H,23,25). The first-order valence-electron chi connectivity index (χ1n) is 8.56. The molecule has 152 valence electrons. The monoisotopic (exact) mass is 436 g/mol. The third-order valence-electron chi connectivity index (χ3n) is 4.17. The zero-order chi connectivity index (χ0) is 21.0. The lowest BCUT2D eigenvalue weighted by molar-refractivity contribution is -0.116. The molecule has 0 atom stereocenters. The number of carbonyl (C=O) groups excluding carboxylic acids is 1. The van der Waals surface area contributed by atoms with Crippen LogP contribution in [0, 0.1) is 0 Å². The first-order valence-corrected chi connectivity index (χ1v) is 10.9. The number of alkyl halides is 2. The van der Waals surface area contributed by atoms with Crippen LogP contribution in [0.5, 0.6) is 0 Å². The Bertz CT molecular complexity index is 1140. The number of amides is 1. The number of anilines is 1. The Kier molecular flexibility index (Phi) is 6.51. The van der Waals surface area contributed by atoms with Gasteiger partial charge in [-0.15, -0.1) is 0 Å². The molecule has 0 aliphatic carbocycles. The highest BCUT2D eigenvalue weighted by molar-refractivity contribution is 7.99. The number of nitrogens with one attached hydrogen (secondary N) is 1. The first-order chi connectivity index (χ1) is 13.8. The average molecular weight is 437 g/mol. The Balaban J connectivity index is 1.75. The lowest BCUT2D eigenvalue weighted by Crippen LogP contribution is -2.35. The molecule has 0 aliphatic heterocycles. The van der Waals surface area contributed by atoms with Crippen LogP contribution in [-0.4, -0.2) is 38.0 Å². The summed E-state index contributed by atoms with van der Waals surface area (Å²) in [6.45, 7) is -0.456. The van der Waals surface area contributed by atoms with Crippen molar-refractivity contribution in [3.8, 4) is 0 Å². The van der Waals surface area contributed by atoms with Crippen molar-refractivity contribution < 1.29 is 22.0 Å². The molecule has 1 amide bonds. The fourth-order valence-electron chi connectivity index (χ4n) is 2.75. The number of benzene rings is 3. The molecular weight excluding hydrogens is 418 g/mol. The molecule has 1 N–H and O–H groups in total.